The minimum Gasteiger partial charge on any atom is -0.0780 e. The van der Waals surface area contributed by atoms with Crippen LogP contribution in [0.15, 0.2) is 12.2 Å². The van der Waals surface area contributed by atoms with Crippen molar-refractivity contribution < 1.29 is 0 Å². The summed E-state index contributed by atoms with van der Waals surface area (Å²) in [5.74, 6) is 0. The summed E-state index contributed by atoms with van der Waals surface area (Å²) in [4.78, 5) is 0. The second kappa shape index (κ2) is 1.36. The zero-order valence-corrected chi connectivity index (χ0v) is 5.07. The molecule has 7 heavy (non-hydrogen) atoms. The Hall–Kier alpha value is -0.260. The average molecular weight is 96.2 g/mol. The van der Waals surface area contributed by atoms with Crippen LogP contribution in [0.25, 0.3) is 0 Å². The zero-order valence-electron chi connectivity index (χ0n) is 5.07. The molecule has 0 saturated carbocycles. The van der Waals surface area contributed by atoms with E-state index >= 15 is 0 Å². The molecule has 0 aromatic rings. The molecule has 0 bridgehead atoms. The Morgan fingerprint density at radius 2 is 2.00 bits per heavy atom. The Kier molecular flexibility index (Phi) is 0.949. The lowest BCUT2D eigenvalue weighted by molar-refractivity contribution is 0.564. The van der Waals surface area contributed by atoms with Gasteiger partial charge in [0.25, 0.3) is 0 Å². The smallest absolute Gasteiger partial charge is 0.00332 e. The molecule has 40 valence electrons. The minimum absolute atomic E-state index is 0.550. The van der Waals surface area contributed by atoms with E-state index < -0.39 is 0 Å². The average Bonchev–Trinajstić information content (AvgIpc) is 2.22. The Morgan fingerprint density at radius 3 is 2.14 bits per heavy atom. The molecule has 1 aliphatic rings. The van der Waals surface area contributed by atoms with E-state index in [1.807, 2.05) is 0 Å². The van der Waals surface area contributed by atoms with Crippen molar-refractivity contribution in [1.82, 2.24) is 0 Å². The second-order valence-electron chi connectivity index (χ2n) is 2.59. The van der Waals surface area contributed by atoms with Crippen molar-refractivity contribution >= 4 is 0 Å². The molecule has 0 heterocycles. The quantitative estimate of drug-likeness (QED) is 0.463. The van der Waals surface area contributed by atoms with Gasteiger partial charge in [0.15, 0.2) is 0 Å². The van der Waals surface area contributed by atoms with Gasteiger partial charge in [-0.2, -0.15) is 0 Å². The Morgan fingerprint density at radius 1 is 1.43 bits per heavy atom. The van der Waals surface area contributed by atoms with E-state index in [0.29, 0.717) is 5.41 Å². The summed E-state index contributed by atoms with van der Waals surface area (Å²) in [6.07, 6.45) is 7.20. The first-order valence-electron chi connectivity index (χ1n) is 2.97. The van der Waals surface area contributed by atoms with Gasteiger partial charge in [0.2, 0.25) is 0 Å². The molecule has 0 unspecified atom stereocenters. The summed E-state index contributed by atoms with van der Waals surface area (Å²) in [5.41, 5.74) is 0.550. The van der Waals surface area contributed by atoms with Crippen LogP contribution >= 0.6 is 0 Å². The summed E-state index contributed by atoms with van der Waals surface area (Å²) >= 11 is 0. The van der Waals surface area contributed by atoms with Crippen molar-refractivity contribution in [2.45, 2.75) is 26.7 Å². The molecule has 0 aromatic carbocycles. The molecule has 1 rings (SSSR count). The van der Waals surface area contributed by atoms with Crippen LogP contribution in [0.4, 0.5) is 0 Å². The van der Waals surface area contributed by atoms with E-state index in [2.05, 4.69) is 26.0 Å². The highest BCUT2D eigenvalue weighted by Gasteiger charge is 2.25. The number of rotatable bonds is 2. The zero-order chi connectivity index (χ0) is 5.33. The lowest BCUT2D eigenvalue weighted by Crippen LogP contribution is -1.91. The lowest BCUT2D eigenvalue weighted by atomic mass is 10.0. The normalized spacial score (nSPS) is 22.6. The van der Waals surface area contributed by atoms with E-state index in [9.17, 15) is 0 Å². The molecule has 0 amide bonds. The molecule has 0 N–H and O–H groups in total. The summed E-state index contributed by atoms with van der Waals surface area (Å²) in [7, 11) is 0. The van der Waals surface area contributed by atoms with E-state index in [0.717, 1.165) is 0 Å². The third-order valence-electron chi connectivity index (χ3n) is 1.52. The van der Waals surface area contributed by atoms with Crippen LogP contribution in [0.1, 0.15) is 26.7 Å². The predicted molar refractivity (Wildman–Crippen MR) is 32.2 cm³/mol. The van der Waals surface area contributed by atoms with Crippen LogP contribution in [0.3, 0.4) is 0 Å². The molecule has 0 aliphatic heterocycles. The van der Waals surface area contributed by atoms with Crippen LogP contribution in [-0.4, -0.2) is 0 Å². The molecule has 1 aliphatic carbocycles. The summed E-state index contributed by atoms with van der Waals surface area (Å²) in [6.45, 7) is 4.50. The van der Waals surface area contributed by atoms with Crippen LogP contribution in [0.2, 0.25) is 0 Å². The van der Waals surface area contributed by atoms with Crippen LogP contribution in [-0.2, 0) is 0 Å². The highest BCUT2D eigenvalue weighted by molar-refractivity contribution is 5.23. The predicted octanol–water partition coefficient (Wildman–Crippen LogP) is 2.36. The van der Waals surface area contributed by atoms with Crippen molar-refractivity contribution in [3.8, 4) is 0 Å². The molecular formula is C7H12. The summed E-state index contributed by atoms with van der Waals surface area (Å²) in [6, 6.07) is 0. The van der Waals surface area contributed by atoms with Crippen molar-refractivity contribution in [2.24, 2.45) is 5.41 Å². The third-order valence-corrected chi connectivity index (χ3v) is 1.52. The van der Waals surface area contributed by atoms with Gasteiger partial charge in [-0.25, -0.2) is 0 Å². The highest BCUT2D eigenvalue weighted by Crippen LogP contribution is 2.38. The van der Waals surface area contributed by atoms with Gasteiger partial charge in [0.1, 0.15) is 0 Å². The molecule has 0 radical (unpaired) electrons. The molecule has 0 spiro atoms. The van der Waals surface area contributed by atoms with Crippen molar-refractivity contribution in [3.63, 3.8) is 0 Å². The molecule has 0 aromatic heterocycles. The lowest BCUT2D eigenvalue weighted by Gasteiger charge is -2.02. The van der Waals surface area contributed by atoms with Gasteiger partial charge >= 0.3 is 0 Å². The van der Waals surface area contributed by atoms with Crippen molar-refractivity contribution in [3.05, 3.63) is 12.2 Å². The van der Waals surface area contributed by atoms with E-state index in [1.54, 1.807) is 0 Å². The van der Waals surface area contributed by atoms with E-state index in [1.165, 1.54) is 12.8 Å². The monoisotopic (exact) mass is 96.1 g/mol. The van der Waals surface area contributed by atoms with Gasteiger partial charge in [-0.15, -0.1) is 0 Å². The SMILES string of the molecule is CCCC1(C)C=C1. The van der Waals surface area contributed by atoms with Gasteiger partial charge < -0.3 is 0 Å². The molecule has 0 nitrogen and oxygen atoms in total. The van der Waals surface area contributed by atoms with Gasteiger partial charge in [0, 0.05) is 5.41 Å². The molecule has 0 fully saturated rings. The van der Waals surface area contributed by atoms with Gasteiger partial charge in [-0.3, -0.25) is 0 Å². The maximum absolute atomic E-state index is 2.27. The molecule has 0 heteroatoms. The number of hydrogen-bond acceptors (Lipinski definition) is 0. The van der Waals surface area contributed by atoms with Gasteiger partial charge in [-0.1, -0.05) is 32.4 Å². The Bertz CT molecular complexity index is 84.2. The van der Waals surface area contributed by atoms with Gasteiger partial charge in [-0.05, 0) is 6.42 Å². The Balaban J connectivity index is 2.16. The van der Waals surface area contributed by atoms with Crippen LogP contribution < -0.4 is 0 Å². The fourth-order valence-electron chi connectivity index (χ4n) is 0.848. The van der Waals surface area contributed by atoms with Crippen molar-refractivity contribution in [2.75, 3.05) is 0 Å². The standard InChI is InChI=1S/C7H12/c1-3-4-7(2)5-6-7/h5-6H,3-4H2,1-2H3. The van der Waals surface area contributed by atoms with Crippen molar-refractivity contribution in [1.29, 1.82) is 0 Å². The highest BCUT2D eigenvalue weighted by atomic mass is 14.3. The first-order valence-corrected chi connectivity index (χ1v) is 2.97. The minimum atomic E-state index is 0.550. The number of allylic oxidation sites excluding steroid dienone is 2. The second-order valence-corrected chi connectivity index (χ2v) is 2.59. The molecular weight excluding hydrogens is 84.1 g/mol. The summed E-state index contributed by atoms with van der Waals surface area (Å²) in [5, 5.41) is 0. The summed E-state index contributed by atoms with van der Waals surface area (Å²) < 4.78 is 0. The Labute approximate surface area is 45.2 Å². The van der Waals surface area contributed by atoms with E-state index in [-0.39, 0.29) is 0 Å². The topological polar surface area (TPSA) is 0 Å². The largest absolute Gasteiger partial charge is 0.0780 e. The molecule has 0 saturated heterocycles. The fraction of sp³-hybridized carbons (Fsp3) is 0.714. The first-order chi connectivity index (χ1) is 3.27. The van der Waals surface area contributed by atoms with E-state index in [4.69, 9.17) is 0 Å². The third kappa shape index (κ3) is 1.05. The maximum atomic E-state index is 2.27. The van der Waals surface area contributed by atoms with Crippen LogP contribution in [0.5, 0.6) is 0 Å². The first kappa shape index (κ1) is 4.89. The number of hydrogen-bond donors (Lipinski definition) is 0. The fourth-order valence-corrected chi connectivity index (χ4v) is 0.848. The molecule has 0 atom stereocenters. The maximum Gasteiger partial charge on any atom is 0.00332 e. The van der Waals surface area contributed by atoms with Gasteiger partial charge in [0.05, 0.1) is 0 Å². The van der Waals surface area contributed by atoms with Crippen LogP contribution in [0, 0.1) is 5.41 Å².